The Bertz CT molecular complexity index is 812. The molecule has 0 atom stereocenters. The fourth-order valence-electron chi connectivity index (χ4n) is 2.73. The number of aromatic nitrogens is 1. The summed E-state index contributed by atoms with van der Waals surface area (Å²) in [4.78, 5) is 23.6. The lowest BCUT2D eigenvalue weighted by Gasteiger charge is -2.15. The van der Waals surface area contributed by atoms with Crippen molar-refractivity contribution in [1.82, 2.24) is 4.57 Å². The number of fused-ring (bicyclic) bond motifs is 1. The monoisotopic (exact) mass is 290 g/mol. The summed E-state index contributed by atoms with van der Waals surface area (Å²) in [5.41, 5.74) is 5.86. The van der Waals surface area contributed by atoms with Gasteiger partial charge in [0.2, 0.25) is 0 Å². The van der Waals surface area contributed by atoms with Crippen LogP contribution in [0, 0.1) is 11.6 Å². The number of carbonyl (C=O) groups excluding carboxylic acids is 1. The standard InChI is InChI=1S/C15H12F2N2O2/c16-8-4-5-13(11(17)6-8)19-7-10(15(18)21)14(20)9-2-1-3-12(9)19/h4-7H,1-3H2,(H2,18,21). The van der Waals surface area contributed by atoms with E-state index in [1.165, 1.54) is 16.8 Å². The molecule has 3 rings (SSSR count). The molecular weight excluding hydrogens is 278 g/mol. The third-order valence-corrected chi connectivity index (χ3v) is 3.69. The van der Waals surface area contributed by atoms with E-state index in [1.54, 1.807) is 0 Å². The van der Waals surface area contributed by atoms with Gasteiger partial charge >= 0.3 is 0 Å². The molecule has 1 aliphatic rings. The number of primary amides is 1. The van der Waals surface area contributed by atoms with Crippen LogP contribution in [0.2, 0.25) is 0 Å². The smallest absolute Gasteiger partial charge is 0.254 e. The summed E-state index contributed by atoms with van der Waals surface area (Å²) in [7, 11) is 0. The first-order valence-corrected chi connectivity index (χ1v) is 6.51. The molecule has 2 aromatic rings. The number of amides is 1. The molecule has 1 aromatic carbocycles. The number of benzene rings is 1. The highest BCUT2D eigenvalue weighted by Gasteiger charge is 2.23. The number of nitrogens with two attached hydrogens (primary N) is 1. The fourth-order valence-corrected chi connectivity index (χ4v) is 2.73. The summed E-state index contributed by atoms with van der Waals surface area (Å²) >= 11 is 0. The van der Waals surface area contributed by atoms with Crippen LogP contribution in [-0.4, -0.2) is 10.5 Å². The van der Waals surface area contributed by atoms with E-state index in [0.717, 1.165) is 18.6 Å². The highest BCUT2D eigenvalue weighted by Crippen LogP contribution is 2.24. The van der Waals surface area contributed by atoms with E-state index < -0.39 is 23.0 Å². The molecule has 1 aromatic heterocycles. The molecule has 0 spiro atoms. The summed E-state index contributed by atoms with van der Waals surface area (Å²) < 4.78 is 28.4. The Morgan fingerprint density at radius 2 is 2.00 bits per heavy atom. The maximum Gasteiger partial charge on any atom is 0.254 e. The van der Waals surface area contributed by atoms with Crippen molar-refractivity contribution in [1.29, 1.82) is 0 Å². The molecule has 0 radical (unpaired) electrons. The average Bonchev–Trinajstić information content (AvgIpc) is 2.89. The quantitative estimate of drug-likeness (QED) is 0.915. The molecule has 6 heteroatoms. The van der Waals surface area contributed by atoms with Gasteiger partial charge in [0.1, 0.15) is 17.2 Å². The topological polar surface area (TPSA) is 65.1 Å². The first kappa shape index (κ1) is 13.5. The summed E-state index contributed by atoms with van der Waals surface area (Å²) in [5, 5.41) is 0. The number of halogens is 2. The lowest BCUT2D eigenvalue weighted by Crippen LogP contribution is -2.27. The number of rotatable bonds is 2. The molecule has 2 N–H and O–H groups in total. The first-order chi connectivity index (χ1) is 9.99. The third kappa shape index (κ3) is 2.12. The molecular formula is C15H12F2N2O2. The zero-order valence-corrected chi connectivity index (χ0v) is 11.0. The van der Waals surface area contributed by atoms with Crippen LogP contribution in [0.15, 0.2) is 29.2 Å². The maximum absolute atomic E-state index is 14.0. The highest BCUT2D eigenvalue weighted by atomic mass is 19.1. The average molecular weight is 290 g/mol. The van der Waals surface area contributed by atoms with Gasteiger partial charge in [0.15, 0.2) is 5.43 Å². The van der Waals surface area contributed by atoms with Gasteiger partial charge in [0.25, 0.3) is 5.91 Å². The van der Waals surface area contributed by atoms with Crippen LogP contribution in [0.4, 0.5) is 8.78 Å². The Hall–Kier alpha value is -2.50. The first-order valence-electron chi connectivity index (χ1n) is 6.51. The van der Waals surface area contributed by atoms with Crippen LogP contribution in [-0.2, 0) is 12.8 Å². The normalized spacial score (nSPS) is 13.2. The van der Waals surface area contributed by atoms with Crippen molar-refractivity contribution in [2.45, 2.75) is 19.3 Å². The molecule has 108 valence electrons. The number of carbonyl (C=O) groups is 1. The fraction of sp³-hybridized carbons (Fsp3) is 0.200. The van der Waals surface area contributed by atoms with Gasteiger partial charge in [0.05, 0.1) is 5.69 Å². The molecule has 0 unspecified atom stereocenters. The van der Waals surface area contributed by atoms with E-state index in [9.17, 15) is 18.4 Å². The summed E-state index contributed by atoms with van der Waals surface area (Å²) in [5.74, 6) is -2.31. The van der Waals surface area contributed by atoms with Gasteiger partial charge in [-0.15, -0.1) is 0 Å². The maximum atomic E-state index is 14.0. The molecule has 4 nitrogen and oxygen atoms in total. The summed E-state index contributed by atoms with van der Waals surface area (Å²) in [6.45, 7) is 0. The molecule has 1 aliphatic carbocycles. The number of hydrogen-bond donors (Lipinski definition) is 1. The highest BCUT2D eigenvalue weighted by molar-refractivity contribution is 5.92. The van der Waals surface area contributed by atoms with Crippen LogP contribution in [0.1, 0.15) is 28.0 Å². The van der Waals surface area contributed by atoms with Gasteiger partial charge in [-0.2, -0.15) is 0 Å². The molecule has 0 aliphatic heterocycles. The number of pyridine rings is 1. The van der Waals surface area contributed by atoms with E-state index in [4.69, 9.17) is 5.73 Å². The van der Waals surface area contributed by atoms with Gasteiger partial charge in [-0.05, 0) is 31.4 Å². The van der Waals surface area contributed by atoms with Crippen molar-refractivity contribution in [3.05, 3.63) is 63.1 Å². The molecule has 0 fully saturated rings. The largest absolute Gasteiger partial charge is 0.365 e. The van der Waals surface area contributed by atoms with Crippen LogP contribution in [0.25, 0.3) is 5.69 Å². The lowest BCUT2D eigenvalue weighted by atomic mass is 10.1. The summed E-state index contributed by atoms with van der Waals surface area (Å²) in [6, 6.07) is 3.17. The van der Waals surface area contributed by atoms with Crippen molar-refractivity contribution >= 4 is 5.91 Å². The van der Waals surface area contributed by atoms with Crippen molar-refractivity contribution in [2.75, 3.05) is 0 Å². The van der Waals surface area contributed by atoms with Crippen molar-refractivity contribution in [2.24, 2.45) is 5.73 Å². The summed E-state index contributed by atoms with van der Waals surface area (Å²) in [6.07, 6.45) is 3.11. The minimum Gasteiger partial charge on any atom is -0.365 e. The zero-order valence-electron chi connectivity index (χ0n) is 11.0. The second-order valence-electron chi connectivity index (χ2n) is 4.98. The second-order valence-corrected chi connectivity index (χ2v) is 4.98. The molecule has 0 saturated carbocycles. The Morgan fingerprint density at radius 1 is 1.24 bits per heavy atom. The molecule has 1 amide bonds. The Morgan fingerprint density at radius 3 is 2.67 bits per heavy atom. The minimum absolute atomic E-state index is 0.0945. The Balaban J connectivity index is 2.33. The van der Waals surface area contributed by atoms with E-state index in [-0.39, 0.29) is 11.3 Å². The van der Waals surface area contributed by atoms with Crippen molar-refractivity contribution in [3.63, 3.8) is 0 Å². The van der Waals surface area contributed by atoms with E-state index in [0.29, 0.717) is 24.1 Å². The zero-order chi connectivity index (χ0) is 15.1. The number of nitrogens with zero attached hydrogens (tertiary/aromatic N) is 1. The van der Waals surface area contributed by atoms with Crippen LogP contribution in [0.5, 0.6) is 0 Å². The Kier molecular flexibility index (Phi) is 3.08. The predicted octanol–water partition coefficient (Wildman–Crippen LogP) is 1.70. The molecule has 0 saturated heterocycles. The van der Waals surface area contributed by atoms with Crippen LogP contribution >= 0.6 is 0 Å². The van der Waals surface area contributed by atoms with Crippen LogP contribution < -0.4 is 11.2 Å². The van der Waals surface area contributed by atoms with Gasteiger partial charge in [-0.1, -0.05) is 0 Å². The molecule has 0 bridgehead atoms. The van der Waals surface area contributed by atoms with Gasteiger partial charge in [-0.25, -0.2) is 8.78 Å². The Labute approximate surface area is 118 Å². The van der Waals surface area contributed by atoms with Gasteiger partial charge in [0, 0.05) is 23.5 Å². The third-order valence-electron chi connectivity index (χ3n) is 3.69. The van der Waals surface area contributed by atoms with E-state index >= 15 is 0 Å². The number of hydrogen-bond acceptors (Lipinski definition) is 2. The van der Waals surface area contributed by atoms with Gasteiger partial charge in [-0.3, -0.25) is 9.59 Å². The minimum atomic E-state index is -0.856. The lowest BCUT2D eigenvalue weighted by molar-refractivity contribution is 0.0998. The van der Waals surface area contributed by atoms with E-state index in [2.05, 4.69) is 0 Å². The molecule has 1 heterocycles. The predicted molar refractivity (Wildman–Crippen MR) is 72.5 cm³/mol. The van der Waals surface area contributed by atoms with Crippen LogP contribution in [0.3, 0.4) is 0 Å². The van der Waals surface area contributed by atoms with Gasteiger partial charge < -0.3 is 10.3 Å². The molecule has 21 heavy (non-hydrogen) atoms. The van der Waals surface area contributed by atoms with Crippen molar-refractivity contribution < 1.29 is 13.6 Å². The SMILES string of the molecule is NC(=O)c1cn(-c2ccc(F)cc2F)c2c(c1=O)CCC2. The van der Waals surface area contributed by atoms with Crippen molar-refractivity contribution in [3.8, 4) is 5.69 Å². The second kappa shape index (κ2) is 4.80. The van der Waals surface area contributed by atoms with E-state index in [1.807, 2.05) is 0 Å².